The van der Waals surface area contributed by atoms with Crippen molar-refractivity contribution in [3.05, 3.63) is 56.2 Å². The fourth-order valence-corrected chi connectivity index (χ4v) is 6.04. The lowest BCUT2D eigenvalue weighted by Crippen LogP contribution is -1.98. The standard InChI is InChI=1S/C15H8Br2N4S3/c16-11-12(17)23-15(18-11)24-14-20-19-13(10-7-4-8-22-10)21(14)9-5-2-1-3-6-9/h1-8H. The molecule has 3 aromatic heterocycles. The average molecular weight is 500 g/mol. The third-order valence-electron chi connectivity index (χ3n) is 3.10. The first kappa shape index (κ1) is 16.5. The number of thiazole rings is 1. The van der Waals surface area contributed by atoms with Crippen LogP contribution >= 0.6 is 66.3 Å². The second-order valence-corrected chi connectivity index (χ2v) is 9.83. The van der Waals surface area contributed by atoms with Crippen molar-refractivity contribution in [2.45, 2.75) is 9.50 Å². The van der Waals surface area contributed by atoms with Crippen molar-refractivity contribution in [3.8, 4) is 16.4 Å². The summed E-state index contributed by atoms with van der Waals surface area (Å²) in [5.41, 5.74) is 1.03. The summed E-state index contributed by atoms with van der Waals surface area (Å²) in [5.74, 6) is 0.841. The van der Waals surface area contributed by atoms with E-state index in [0.29, 0.717) is 0 Å². The smallest absolute Gasteiger partial charge is 0.203 e. The van der Waals surface area contributed by atoms with Crippen LogP contribution in [0, 0.1) is 0 Å². The van der Waals surface area contributed by atoms with Gasteiger partial charge in [0.15, 0.2) is 10.2 Å². The van der Waals surface area contributed by atoms with Crippen molar-refractivity contribution in [2.24, 2.45) is 0 Å². The normalized spacial score (nSPS) is 11.1. The number of halogens is 2. The molecule has 0 atom stereocenters. The van der Waals surface area contributed by atoms with Gasteiger partial charge in [-0.2, -0.15) is 0 Å². The van der Waals surface area contributed by atoms with E-state index in [9.17, 15) is 0 Å². The minimum atomic E-state index is 0.790. The van der Waals surface area contributed by atoms with Gasteiger partial charge in [0.25, 0.3) is 0 Å². The largest absolute Gasteiger partial charge is 0.269 e. The van der Waals surface area contributed by atoms with Gasteiger partial charge in [-0.25, -0.2) is 4.98 Å². The molecule has 0 aliphatic rings. The fraction of sp³-hybridized carbons (Fsp3) is 0. The van der Waals surface area contributed by atoms with Crippen molar-refractivity contribution in [1.29, 1.82) is 0 Å². The van der Waals surface area contributed by atoms with Crippen molar-refractivity contribution in [2.75, 3.05) is 0 Å². The number of hydrogen-bond acceptors (Lipinski definition) is 6. The molecule has 9 heteroatoms. The Bertz CT molecular complexity index is 945. The Balaban J connectivity index is 1.82. The zero-order chi connectivity index (χ0) is 16.5. The molecule has 0 fully saturated rings. The van der Waals surface area contributed by atoms with Gasteiger partial charge >= 0.3 is 0 Å². The number of thiophene rings is 1. The molecular formula is C15H8Br2N4S3. The Morgan fingerprint density at radius 2 is 1.83 bits per heavy atom. The fourth-order valence-electron chi connectivity index (χ4n) is 2.10. The Labute approximate surface area is 167 Å². The number of para-hydroxylation sites is 1. The van der Waals surface area contributed by atoms with Gasteiger partial charge in [0, 0.05) is 5.69 Å². The zero-order valence-corrected chi connectivity index (χ0v) is 17.5. The van der Waals surface area contributed by atoms with Gasteiger partial charge in [-0.1, -0.05) is 35.6 Å². The van der Waals surface area contributed by atoms with Gasteiger partial charge in [0.2, 0.25) is 5.16 Å². The molecule has 4 nitrogen and oxygen atoms in total. The van der Waals surface area contributed by atoms with Gasteiger partial charge in [-0.05, 0) is 67.2 Å². The van der Waals surface area contributed by atoms with Gasteiger partial charge in [0.05, 0.1) is 4.88 Å². The SMILES string of the molecule is Brc1nc(Sc2nnc(-c3cccs3)n2-c2ccccc2)sc1Br. The molecule has 4 aromatic rings. The van der Waals surface area contributed by atoms with E-state index in [1.165, 1.54) is 11.8 Å². The van der Waals surface area contributed by atoms with Crippen molar-refractivity contribution in [3.63, 3.8) is 0 Å². The highest BCUT2D eigenvalue weighted by molar-refractivity contribution is 9.13. The third kappa shape index (κ3) is 3.23. The Morgan fingerprint density at radius 3 is 2.50 bits per heavy atom. The molecule has 4 rings (SSSR count). The highest BCUT2D eigenvalue weighted by atomic mass is 79.9. The predicted octanol–water partition coefficient (Wildman–Crippen LogP) is 6.13. The molecule has 0 radical (unpaired) electrons. The average Bonchev–Trinajstić information content (AvgIpc) is 3.30. The summed E-state index contributed by atoms with van der Waals surface area (Å²) in [4.78, 5) is 5.57. The molecule has 0 spiro atoms. The van der Waals surface area contributed by atoms with Crippen molar-refractivity contribution < 1.29 is 0 Å². The molecule has 1 aromatic carbocycles. The predicted molar refractivity (Wildman–Crippen MR) is 106 cm³/mol. The van der Waals surface area contributed by atoms with Crippen LogP contribution in [0.3, 0.4) is 0 Å². The number of hydrogen-bond donors (Lipinski definition) is 0. The van der Waals surface area contributed by atoms with Crippen LogP contribution in [0.15, 0.2) is 65.7 Å². The highest BCUT2D eigenvalue weighted by Gasteiger charge is 2.19. The summed E-state index contributed by atoms with van der Waals surface area (Å²) in [7, 11) is 0. The van der Waals surface area contributed by atoms with Crippen molar-refractivity contribution in [1.82, 2.24) is 19.7 Å². The summed E-state index contributed by atoms with van der Waals surface area (Å²) < 4.78 is 4.74. The van der Waals surface area contributed by atoms with E-state index in [1.54, 1.807) is 22.7 Å². The van der Waals surface area contributed by atoms with Gasteiger partial charge in [-0.3, -0.25) is 4.57 Å². The van der Waals surface area contributed by atoms with E-state index < -0.39 is 0 Å². The van der Waals surface area contributed by atoms with E-state index in [-0.39, 0.29) is 0 Å². The van der Waals surface area contributed by atoms with E-state index in [4.69, 9.17) is 0 Å². The van der Waals surface area contributed by atoms with E-state index in [1.807, 2.05) is 29.6 Å². The second-order valence-electron chi connectivity index (χ2n) is 4.60. The molecule has 0 saturated carbocycles. The number of aromatic nitrogens is 4. The minimum absolute atomic E-state index is 0.790. The van der Waals surface area contributed by atoms with E-state index in [0.717, 1.165) is 34.3 Å². The van der Waals surface area contributed by atoms with Crippen LogP contribution in [0.5, 0.6) is 0 Å². The monoisotopic (exact) mass is 498 g/mol. The van der Waals surface area contributed by atoms with Crippen LogP contribution in [0.4, 0.5) is 0 Å². The topological polar surface area (TPSA) is 43.6 Å². The molecule has 0 N–H and O–H groups in total. The summed E-state index contributed by atoms with van der Waals surface area (Å²) in [6.45, 7) is 0. The molecule has 0 aliphatic heterocycles. The molecule has 0 bridgehead atoms. The first-order chi connectivity index (χ1) is 11.7. The number of nitrogens with zero attached hydrogens (tertiary/aromatic N) is 4. The van der Waals surface area contributed by atoms with E-state index >= 15 is 0 Å². The Morgan fingerprint density at radius 1 is 1.00 bits per heavy atom. The maximum Gasteiger partial charge on any atom is 0.203 e. The maximum atomic E-state index is 4.49. The molecule has 0 amide bonds. The molecule has 0 saturated heterocycles. The lowest BCUT2D eigenvalue weighted by molar-refractivity contribution is 0.885. The zero-order valence-electron chi connectivity index (χ0n) is 11.9. The summed E-state index contributed by atoms with van der Waals surface area (Å²) >= 11 is 11.6. The van der Waals surface area contributed by atoms with Crippen LogP contribution in [-0.4, -0.2) is 19.7 Å². The second kappa shape index (κ2) is 7.09. The summed E-state index contributed by atoms with van der Waals surface area (Å²) in [6, 6.07) is 14.2. The summed E-state index contributed by atoms with van der Waals surface area (Å²) in [6.07, 6.45) is 0. The van der Waals surface area contributed by atoms with Gasteiger partial charge < -0.3 is 0 Å². The van der Waals surface area contributed by atoms with Crippen LogP contribution in [0.2, 0.25) is 0 Å². The minimum Gasteiger partial charge on any atom is -0.269 e. The van der Waals surface area contributed by atoms with Gasteiger partial charge in [0.1, 0.15) is 8.39 Å². The first-order valence-corrected chi connectivity index (χ1v) is 10.9. The molecule has 0 aliphatic carbocycles. The first-order valence-electron chi connectivity index (χ1n) is 6.77. The lowest BCUT2D eigenvalue weighted by Gasteiger charge is -2.08. The number of rotatable bonds is 4. The lowest BCUT2D eigenvalue weighted by atomic mass is 10.3. The third-order valence-corrected chi connectivity index (χ3v) is 8.04. The molecule has 3 heterocycles. The maximum absolute atomic E-state index is 4.49. The molecular weight excluding hydrogens is 492 g/mol. The van der Waals surface area contributed by atoms with Crippen LogP contribution in [-0.2, 0) is 0 Å². The van der Waals surface area contributed by atoms with Gasteiger partial charge in [-0.15, -0.1) is 21.5 Å². The van der Waals surface area contributed by atoms with Crippen molar-refractivity contribution >= 4 is 66.3 Å². The molecule has 0 unspecified atom stereocenters. The van der Waals surface area contributed by atoms with Crippen LogP contribution in [0.25, 0.3) is 16.4 Å². The van der Waals surface area contributed by atoms with Crippen LogP contribution < -0.4 is 0 Å². The van der Waals surface area contributed by atoms with E-state index in [2.05, 4.69) is 69.8 Å². The quantitative estimate of drug-likeness (QED) is 0.338. The van der Waals surface area contributed by atoms with Crippen LogP contribution in [0.1, 0.15) is 0 Å². The Kier molecular flexibility index (Phi) is 4.86. The highest BCUT2D eigenvalue weighted by Crippen LogP contribution is 2.39. The summed E-state index contributed by atoms with van der Waals surface area (Å²) in [5, 5.41) is 11.7. The molecule has 120 valence electrons. The molecule has 24 heavy (non-hydrogen) atoms. The number of benzene rings is 1. The Hall–Kier alpha value is -1.00.